The molecule has 0 aliphatic carbocycles. The first-order valence-corrected chi connectivity index (χ1v) is 3.70. The highest BCUT2D eigenvalue weighted by Gasteiger charge is 2.31. The van der Waals surface area contributed by atoms with Gasteiger partial charge in [-0.3, -0.25) is 0 Å². The van der Waals surface area contributed by atoms with Crippen molar-refractivity contribution in [1.82, 2.24) is 4.98 Å². The first-order valence-electron chi connectivity index (χ1n) is 3.70. The Morgan fingerprint density at radius 1 is 1.43 bits per heavy atom. The van der Waals surface area contributed by atoms with Crippen molar-refractivity contribution < 1.29 is 13.2 Å². The summed E-state index contributed by atoms with van der Waals surface area (Å²) < 4.78 is 36.6. The lowest BCUT2D eigenvalue weighted by Crippen LogP contribution is -2.08. The Balaban J connectivity index is 3.14. The molecule has 3 nitrogen and oxygen atoms in total. The van der Waals surface area contributed by atoms with Crippen LogP contribution in [-0.4, -0.2) is 20.0 Å². The topological polar surface area (TPSA) is 37.0 Å². The molecule has 0 aliphatic rings. The van der Waals surface area contributed by atoms with E-state index in [0.717, 1.165) is 12.3 Å². The Kier molecular flexibility index (Phi) is 2.88. The van der Waals surface area contributed by atoms with Crippen LogP contribution in [0, 0.1) is 0 Å². The lowest BCUT2D eigenvalue weighted by atomic mass is 10.2. The van der Waals surface area contributed by atoms with Gasteiger partial charge in [0.15, 0.2) is 0 Å². The number of nitrogens with zero attached hydrogens (tertiary/aromatic N) is 1. The normalized spacial score (nSPS) is 11.1. The van der Waals surface area contributed by atoms with E-state index in [4.69, 9.17) is 7.98 Å². The van der Waals surface area contributed by atoms with E-state index in [9.17, 15) is 13.2 Å². The lowest BCUT2D eigenvalue weighted by Gasteiger charge is -2.11. The van der Waals surface area contributed by atoms with Gasteiger partial charge in [-0.2, -0.15) is 13.2 Å². The van der Waals surface area contributed by atoms with Crippen molar-refractivity contribution in [2.24, 2.45) is 0 Å². The molecule has 0 spiro atoms. The maximum Gasteiger partial charge on any atom is 0.417 e. The molecule has 74 valence electrons. The molecule has 0 saturated heterocycles. The molecule has 1 aromatic rings. The van der Waals surface area contributed by atoms with Gasteiger partial charge in [0, 0.05) is 13.2 Å². The van der Waals surface area contributed by atoms with E-state index in [-0.39, 0.29) is 11.5 Å². The molecule has 0 bridgehead atoms. The molecule has 0 unspecified atom stereocenters. The van der Waals surface area contributed by atoms with Gasteiger partial charge in [-0.15, -0.1) is 0 Å². The van der Waals surface area contributed by atoms with Gasteiger partial charge in [0.2, 0.25) is 7.98 Å². The van der Waals surface area contributed by atoms with Crippen LogP contribution in [0.1, 0.15) is 5.56 Å². The van der Waals surface area contributed by atoms with Gasteiger partial charge in [-0.05, 0) is 6.07 Å². The molecule has 0 saturated carbocycles. The Morgan fingerprint density at radius 3 is 2.50 bits per heavy atom. The minimum absolute atomic E-state index is 0.0994. The second-order valence-corrected chi connectivity index (χ2v) is 2.51. The molecule has 1 heterocycles. The smallest absolute Gasteiger partial charge is 0.417 e. The number of halogens is 3. The minimum Gasteiger partial charge on any atom is -0.434 e. The number of rotatable bonds is 2. The summed E-state index contributed by atoms with van der Waals surface area (Å²) in [4.78, 5) is 3.56. The van der Waals surface area contributed by atoms with Crippen molar-refractivity contribution in [3.63, 3.8) is 0 Å². The zero-order chi connectivity index (χ0) is 10.8. The minimum atomic E-state index is -4.41. The monoisotopic (exact) mass is 201 g/mol. The van der Waals surface area contributed by atoms with Crippen molar-refractivity contribution >= 4 is 19.5 Å². The summed E-state index contributed by atoms with van der Waals surface area (Å²) in [5.74, 6) is 0.264. The second kappa shape index (κ2) is 3.77. The Labute approximate surface area is 80.2 Å². The fraction of sp³-hybridized carbons (Fsp3) is 0.286. The predicted octanol–water partition coefficient (Wildman–Crippen LogP) is 1.64. The standard InChI is InChI=1S/C7H7BF3N3/c1-12-6-5(14-8)2-4(3-13-6)7(9,10)11/h2-3,14H,1H3,(H,12,13). The van der Waals surface area contributed by atoms with Crippen molar-refractivity contribution in [2.75, 3.05) is 17.6 Å². The highest BCUT2D eigenvalue weighted by molar-refractivity contribution is 6.16. The number of hydrogen-bond acceptors (Lipinski definition) is 3. The molecule has 0 fully saturated rings. The summed E-state index contributed by atoms with van der Waals surface area (Å²) in [7, 11) is 6.58. The number of hydrogen-bond donors (Lipinski definition) is 2. The SMILES string of the molecule is [B]Nc1cc(C(F)(F)F)cnc1NC. The summed E-state index contributed by atoms with van der Waals surface area (Å²) in [6.45, 7) is 0. The number of alkyl halides is 3. The van der Waals surface area contributed by atoms with E-state index >= 15 is 0 Å². The molecule has 2 N–H and O–H groups in total. The molecule has 0 atom stereocenters. The maximum absolute atomic E-state index is 12.2. The zero-order valence-corrected chi connectivity index (χ0v) is 7.31. The molecule has 0 amide bonds. The van der Waals surface area contributed by atoms with E-state index < -0.39 is 11.7 Å². The van der Waals surface area contributed by atoms with E-state index in [1.54, 1.807) is 0 Å². The van der Waals surface area contributed by atoms with Crippen LogP contribution in [0.25, 0.3) is 0 Å². The van der Waals surface area contributed by atoms with Crippen LogP contribution in [0.3, 0.4) is 0 Å². The molecule has 14 heavy (non-hydrogen) atoms. The van der Waals surface area contributed by atoms with Gasteiger partial charge in [0.05, 0.1) is 11.3 Å². The second-order valence-electron chi connectivity index (χ2n) is 2.51. The van der Waals surface area contributed by atoms with E-state index in [0.29, 0.717) is 0 Å². The lowest BCUT2D eigenvalue weighted by molar-refractivity contribution is -0.137. The third-order valence-electron chi connectivity index (χ3n) is 1.61. The summed E-state index contributed by atoms with van der Waals surface area (Å²) in [5.41, 5.74) is -0.744. The van der Waals surface area contributed by atoms with Crippen LogP contribution in [0.15, 0.2) is 12.3 Å². The van der Waals surface area contributed by atoms with E-state index in [1.807, 2.05) is 0 Å². The Bertz CT molecular complexity index is 326. The fourth-order valence-electron chi connectivity index (χ4n) is 0.929. The van der Waals surface area contributed by atoms with Crippen LogP contribution >= 0.6 is 0 Å². The fourth-order valence-corrected chi connectivity index (χ4v) is 0.929. The molecule has 7 heteroatoms. The van der Waals surface area contributed by atoms with Gasteiger partial charge in [0.25, 0.3) is 0 Å². The van der Waals surface area contributed by atoms with Crippen molar-refractivity contribution in [3.05, 3.63) is 17.8 Å². The van der Waals surface area contributed by atoms with Gasteiger partial charge in [0.1, 0.15) is 5.82 Å². The highest BCUT2D eigenvalue weighted by atomic mass is 19.4. The summed E-state index contributed by atoms with van der Waals surface area (Å²) in [6, 6.07) is 0.888. The van der Waals surface area contributed by atoms with Crippen LogP contribution in [0.5, 0.6) is 0 Å². The van der Waals surface area contributed by atoms with Crippen LogP contribution < -0.4 is 10.5 Å². The van der Waals surface area contributed by atoms with Crippen LogP contribution in [0.2, 0.25) is 0 Å². The molecular weight excluding hydrogens is 194 g/mol. The highest BCUT2D eigenvalue weighted by Crippen LogP contribution is 2.32. The van der Waals surface area contributed by atoms with Crippen molar-refractivity contribution in [3.8, 4) is 0 Å². The Hall–Kier alpha value is -1.40. The number of pyridine rings is 1. The van der Waals surface area contributed by atoms with Gasteiger partial charge in [-0.1, -0.05) is 0 Å². The van der Waals surface area contributed by atoms with Crippen molar-refractivity contribution in [2.45, 2.75) is 6.18 Å². The molecule has 2 radical (unpaired) electrons. The van der Waals surface area contributed by atoms with Crippen LogP contribution in [-0.2, 0) is 6.18 Å². The van der Waals surface area contributed by atoms with Gasteiger partial charge >= 0.3 is 6.18 Å². The zero-order valence-electron chi connectivity index (χ0n) is 7.31. The van der Waals surface area contributed by atoms with E-state index in [2.05, 4.69) is 15.5 Å². The van der Waals surface area contributed by atoms with Gasteiger partial charge < -0.3 is 10.5 Å². The van der Waals surface area contributed by atoms with Crippen molar-refractivity contribution in [1.29, 1.82) is 0 Å². The quantitative estimate of drug-likeness (QED) is 0.714. The first-order chi connectivity index (χ1) is 6.49. The molecule has 1 rings (SSSR count). The number of anilines is 2. The maximum atomic E-state index is 12.2. The third kappa shape index (κ3) is 2.10. The molecule has 0 aliphatic heterocycles. The summed E-state index contributed by atoms with van der Waals surface area (Å²) >= 11 is 0. The predicted molar refractivity (Wildman–Crippen MR) is 48.2 cm³/mol. The molecule has 1 aromatic heterocycles. The summed E-state index contributed by atoms with van der Waals surface area (Å²) in [5, 5.41) is 4.74. The third-order valence-corrected chi connectivity index (χ3v) is 1.61. The largest absolute Gasteiger partial charge is 0.434 e. The van der Waals surface area contributed by atoms with Crippen LogP contribution in [0.4, 0.5) is 24.7 Å². The first kappa shape index (κ1) is 10.7. The van der Waals surface area contributed by atoms with E-state index in [1.165, 1.54) is 7.05 Å². The Morgan fingerprint density at radius 2 is 2.07 bits per heavy atom. The number of nitrogens with one attached hydrogen (secondary N) is 2. The van der Waals surface area contributed by atoms with Gasteiger partial charge in [-0.25, -0.2) is 4.98 Å². The molecule has 0 aromatic carbocycles. The number of aromatic nitrogens is 1. The average molecular weight is 201 g/mol. The summed E-state index contributed by atoms with van der Waals surface area (Å²) in [6.07, 6.45) is -3.67. The molecular formula is C7H7BF3N3. The average Bonchev–Trinajstić information content (AvgIpc) is 2.15.